The smallest absolute Gasteiger partial charge is 0.204 e. The van der Waals surface area contributed by atoms with Gasteiger partial charge < -0.3 is 5.73 Å². The molecule has 2 nitrogen and oxygen atoms in total. The molecule has 4 saturated carbocycles. The van der Waals surface area contributed by atoms with Crippen molar-refractivity contribution >= 4 is 6.41 Å². The van der Waals surface area contributed by atoms with Gasteiger partial charge in [0.1, 0.15) is 0 Å². The zero-order valence-electron chi connectivity index (χ0n) is 23.4. The van der Waals surface area contributed by atoms with Crippen LogP contribution in [0, 0.1) is 58.2 Å². The van der Waals surface area contributed by atoms with Gasteiger partial charge in [0.15, 0.2) is 0 Å². The zero-order valence-corrected chi connectivity index (χ0v) is 23.4. The van der Waals surface area contributed by atoms with Gasteiger partial charge in [-0.25, -0.2) is 0 Å². The normalized spacial score (nSPS) is 43.1. The highest BCUT2D eigenvalue weighted by molar-refractivity contribution is 5.42. The standard InChI is InChI=1S/C23H40.C7H14.CH3NO/c1-8-12-22(6)17(5)14-16(4)21-19-10-9-18(15(2)3)23(19,7)13-11-20(21)22;1-7-5-3-2-4-6-7;2-1-3/h8,12,15-21H,9-11,13-14H2,1-7H3;7H,2-6H2,1H3;1H,(H2,2,3)/b12-8-;;. The van der Waals surface area contributed by atoms with Crippen molar-refractivity contribution in [1.29, 1.82) is 0 Å². The van der Waals surface area contributed by atoms with Crippen LogP contribution in [-0.4, -0.2) is 6.41 Å². The predicted molar refractivity (Wildman–Crippen MR) is 144 cm³/mol. The molecule has 4 fully saturated rings. The average molecular weight is 460 g/mol. The molecule has 4 rings (SSSR count). The van der Waals surface area contributed by atoms with Crippen molar-refractivity contribution in [3.8, 4) is 0 Å². The monoisotopic (exact) mass is 459 g/mol. The third kappa shape index (κ3) is 6.07. The Hall–Kier alpha value is -0.790. The van der Waals surface area contributed by atoms with Crippen molar-refractivity contribution in [1.82, 2.24) is 0 Å². The van der Waals surface area contributed by atoms with Gasteiger partial charge in [0, 0.05) is 0 Å². The molecule has 0 aromatic carbocycles. The number of carbonyl (C=O) groups excluding carboxylic acids is 1. The van der Waals surface area contributed by atoms with Gasteiger partial charge >= 0.3 is 0 Å². The lowest BCUT2D eigenvalue weighted by Gasteiger charge is -2.60. The van der Waals surface area contributed by atoms with Crippen molar-refractivity contribution < 1.29 is 4.79 Å². The van der Waals surface area contributed by atoms with Gasteiger partial charge in [0.2, 0.25) is 6.41 Å². The Bertz CT molecular complexity index is 620. The maximum Gasteiger partial charge on any atom is 0.204 e. The first-order valence-corrected chi connectivity index (χ1v) is 14.4. The number of hydrogen-bond acceptors (Lipinski definition) is 1. The maximum absolute atomic E-state index is 8.58. The van der Waals surface area contributed by atoms with Crippen LogP contribution in [-0.2, 0) is 4.79 Å². The van der Waals surface area contributed by atoms with E-state index in [0.717, 1.165) is 47.3 Å². The molecule has 0 aliphatic heterocycles. The van der Waals surface area contributed by atoms with Gasteiger partial charge in [-0.15, -0.1) is 0 Å². The third-order valence-corrected chi connectivity index (χ3v) is 10.9. The zero-order chi connectivity index (χ0) is 24.8. The van der Waals surface area contributed by atoms with E-state index in [-0.39, 0.29) is 6.41 Å². The van der Waals surface area contributed by atoms with Crippen molar-refractivity contribution in [3.05, 3.63) is 12.2 Å². The van der Waals surface area contributed by atoms with Crippen molar-refractivity contribution in [2.24, 2.45) is 63.9 Å². The van der Waals surface area contributed by atoms with E-state index in [9.17, 15) is 0 Å². The average Bonchev–Trinajstić information content (AvgIpc) is 3.11. The summed E-state index contributed by atoms with van der Waals surface area (Å²) >= 11 is 0. The molecule has 0 radical (unpaired) electrons. The Morgan fingerprint density at radius 1 is 0.909 bits per heavy atom. The van der Waals surface area contributed by atoms with Crippen molar-refractivity contribution in [2.45, 2.75) is 120 Å². The summed E-state index contributed by atoms with van der Waals surface area (Å²) in [5.41, 5.74) is 5.23. The van der Waals surface area contributed by atoms with Gasteiger partial charge in [-0.05, 0) is 97.2 Å². The summed E-state index contributed by atoms with van der Waals surface area (Å²) in [6, 6.07) is 0. The molecule has 2 heteroatoms. The van der Waals surface area contributed by atoms with Crippen LogP contribution in [0.2, 0.25) is 0 Å². The molecule has 0 heterocycles. The fourth-order valence-corrected chi connectivity index (χ4v) is 9.14. The van der Waals surface area contributed by atoms with Crippen molar-refractivity contribution in [3.63, 3.8) is 0 Å². The van der Waals surface area contributed by atoms with E-state index < -0.39 is 0 Å². The Balaban J connectivity index is 0.000000321. The highest BCUT2D eigenvalue weighted by Gasteiger charge is 2.60. The summed E-state index contributed by atoms with van der Waals surface area (Å²) in [4.78, 5) is 8.58. The number of rotatable bonds is 2. The summed E-state index contributed by atoms with van der Waals surface area (Å²) in [6.45, 7) is 19.9. The van der Waals surface area contributed by atoms with E-state index in [1.807, 2.05) is 0 Å². The van der Waals surface area contributed by atoms with Gasteiger partial charge in [-0.2, -0.15) is 0 Å². The largest absolute Gasteiger partial charge is 0.372 e. The molecule has 0 bridgehead atoms. The molecule has 8 atom stereocenters. The number of allylic oxidation sites excluding steroid dienone is 2. The highest BCUT2D eigenvalue weighted by Crippen LogP contribution is 2.67. The summed E-state index contributed by atoms with van der Waals surface area (Å²) in [5, 5.41) is 0. The molecule has 4 aliphatic carbocycles. The molecule has 1 amide bonds. The lowest BCUT2D eigenvalue weighted by Crippen LogP contribution is -2.53. The van der Waals surface area contributed by atoms with Crippen LogP contribution in [0.3, 0.4) is 0 Å². The first-order valence-electron chi connectivity index (χ1n) is 14.4. The minimum Gasteiger partial charge on any atom is -0.372 e. The lowest BCUT2D eigenvalue weighted by atomic mass is 9.44. The quantitative estimate of drug-likeness (QED) is 0.326. The van der Waals surface area contributed by atoms with Gasteiger partial charge in [-0.3, -0.25) is 4.79 Å². The maximum atomic E-state index is 8.58. The second-order valence-corrected chi connectivity index (χ2v) is 13.1. The first kappa shape index (κ1) is 28.4. The van der Waals surface area contributed by atoms with Crippen LogP contribution in [0.1, 0.15) is 120 Å². The Labute approximate surface area is 206 Å². The molecule has 8 unspecified atom stereocenters. The lowest BCUT2D eigenvalue weighted by molar-refractivity contribution is -0.106. The summed E-state index contributed by atoms with van der Waals surface area (Å²) in [7, 11) is 0. The minimum atomic E-state index is 0.250. The fourth-order valence-electron chi connectivity index (χ4n) is 9.14. The number of amides is 1. The second kappa shape index (κ2) is 12.3. The van der Waals surface area contributed by atoms with E-state index in [4.69, 9.17) is 4.79 Å². The Morgan fingerprint density at radius 2 is 1.52 bits per heavy atom. The third-order valence-electron chi connectivity index (χ3n) is 10.9. The van der Waals surface area contributed by atoms with E-state index >= 15 is 0 Å². The molecule has 0 spiro atoms. The molecule has 2 N–H and O–H groups in total. The number of nitrogens with two attached hydrogens (primary N) is 1. The minimum absolute atomic E-state index is 0.250. The van der Waals surface area contributed by atoms with E-state index in [2.05, 4.69) is 73.3 Å². The molecule has 0 aromatic heterocycles. The predicted octanol–water partition coefficient (Wildman–Crippen LogP) is 8.65. The summed E-state index contributed by atoms with van der Waals surface area (Å²) < 4.78 is 0. The van der Waals surface area contributed by atoms with Crippen LogP contribution in [0.15, 0.2) is 12.2 Å². The summed E-state index contributed by atoms with van der Waals surface area (Å²) in [6.07, 6.45) is 20.0. The fraction of sp³-hybridized carbons (Fsp3) is 0.903. The van der Waals surface area contributed by atoms with Crippen LogP contribution in [0.5, 0.6) is 0 Å². The SMILES string of the molecule is C/C=C\C1(C)C(C)CC(C)C2C1CCC1(C)C(C(C)C)CCC21.CC1CCCCC1.NC=O. The molecule has 0 aromatic rings. The first-order chi connectivity index (χ1) is 15.6. The van der Waals surface area contributed by atoms with Gasteiger partial charge in [0.25, 0.3) is 0 Å². The topological polar surface area (TPSA) is 43.1 Å². The van der Waals surface area contributed by atoms with E-state index in [1.54, 1.807) is 0 Å². The molecule has 0 saturated heterocycles. The molecule has 4 aliphatic rings. The number of primary amides is 1. The van der Waals surface area contributed by atoms with E-state index in [1.165, 1.54) is 64.2 Å². The van der Waals surface area contributed by atoms with Crippen molar-refractivity contribution in [2.75, 3.05) is 0 Å². The van der Waals surface area contributed by atoms with Gasteiger partial charge in [-0.1, -0.05) is 92.7 Å². The van der Waals surface area contributed by atoms with Crippen LogP contribution >= 0.6 is 0 Å². The Kier molecular flexibility index (Phi) is 10.6. The number of hydrogen-bond donors (Lipinski definition) is 1. The molecular weight excluding hydrogens is 402 g/mol. The van der Waals surface area contributed by atoms with Crippen LogP contribution in [0.4, 0.5) is 0 Å². The molecular formula is C31H57NO. The van der Waals surface area contributed by atoms with Crippen LogP contribution in [0.25, 0.3) is 0 Å². The number of fused-ring (bicyclic) bond motifs is 3. The Morgan fingerprint density at radius 3 is 2.00 bits per heavy atom. The molecule has 33 heavy (non-hydrogen) atoms. The highest BCUT2D eigenvalue weighted by atomic mass is 16.1. The summed E-state index contributed by atoms with van der Waals surface area (Å²) in [5.74, 6) is 7.49. The second-order valence-electron chi connectivity index (χ2n) is 13.1. The number of carbonyl (C=O) groups is 1. The van der Waals surface area contributed by atoms with E-state index in [0.29, 0.717) is 10.8 Å². The molecule has 192 valence electrons. The van der Waals surface area contributed by atoms with Gasteiger partial charge in [0.05, 0.1) is 0 Å². The van der Waals surface area contributed by atoms with Crippen LogP contribution < -0.4 is 5.73 Å².